The van der Waals surface area contributed by atoms with Gasteiger partial charge in [-0.1, -0.05) is 6.07 Å². The van der Waals surface area contributed by atoms with Crippen molar-refractivity contribution in [1.29, 1.82) is 0 Å². The molecule has 3 rings (SSSR count). The van der Waals surface area contributed by atoms with Gasteiger partial charge in [-0.25, -0.2) is 13.2 Å². The first-order valence-corrected chi connectivity index (χ1v) is 9.12. The van der Waals surface area contributed by atoms with Crippen LogP contribution >= 0.6 is 11.3 Å². The summed E-state index contributed by atoms with van der Waals surface area (Å²) in [5.74, 6) is -0.296. The molecule has 21 heavy (non-hydrogen) atoms. The number of aromatic nitrogens is 2. The molecule has 1 saturated heterocycles. The van der Waals surface area contributed by atoms with Crippen LogP contribution in [0.15, 0.2) is 23.6 Å². The highest BCUT2D eigenvalue weighted by Crippen LogP contribution is 2.32. The molecule has 0 saturated carbocycles. The largest absolute Gasteiger partial charge is 0.464 e. The third-order valence-corrected chi connectivity index (χ3v) is 6.10. The predicted octanol–water partition coefficient (Wildman–Crippen LogP) is 1.76. The Hall–Kier alpha value is -1.67. The summed E-state index contributed by atoms with van der Waals surface area (Å²) in [7, 11) is -1.72. The van der Waals surface area contributed by atoms with Gasteiger partial charge in [-0.3, -0.25) is 4.68 Å². The van der Waals surface area contributed by atoms with Crippen LogP contribution in [0, 0.1) is 0 Å². The Morgan fingerprint density at radius 2 is 2.33 bits per heavy atom. The van der Waals surface area contributed by atoms with E-state index in [2.05, 4.69) is 5.10 Å². The van der Waals surface area contributed by atoms with E-state index in [0.717, 1.165) is 10.6 Å². The molecular weight excluding hydrogens is 312 g/mol. The van der Waals surface area contributed by atoms with Crippen LogP contribution in [-0.4, -0.2) is 42.8 Å². The minimum Gasteiger partial charge on any atom is -0.464 e. The third kappa shape index (κ3) is 2.73. The van der Waals surface area contributed by atoms with Gasteiger partial charge in [-0.2, -0.15) is 5.10 Å². The van der Waals surface area contributed by atoms with Gasteiger partial charge in [0.2, 0.25) is 0 Å². The zero-order valence-corrected chi connectivity index (χ0v) is 13.0. The number of carbonyl (C=O) groups is 1. The Balaban J connectivity index is 2.06. The number of thiophene rings is 1. The van der Waals surface area contributed by atoms with E-state index in [0.29, 0.717) is 6.42 Å². The second-order valence-corrected chi connectivity index (χ2v) is 8.06. The zero-order chi connectivity index (χ0) is 15.0. The van der Waals surface area contributed by atoms with Gasteiger partial charge in [0.05, 0.1) is 35.2 Å². The van der Waals surface area contributed by atoms with Crippen molar-refractivity contribution in [2.24, 2.45) is 0 Å². The predicted molar refractivity (Wildman–Crippen MR) is 79.2 cm³/mol. The van der Waals surface area contributed by atoms with Crippen molar-refractivity contribution in [2.75, 3.05) is 18.6 Å². The molecule has 112 valence electrons. The number of carbonyl (C=O) groups excluding carboxylic acids is 1. The van der Waals surface area contributed by atoms with Gasteiger partial charge in [0, 0.05) is 0 Å². The third-order valence-electron chi connectivity index (χ3n) is 3.46. The summed E-state index contributed by atoms with van der Waals surface area (Å²) < 4.78 is 29.7. The molecule has 2 aromatic rings. The number of nitrogens with zero attached hydrogens (tertiary/aromatic N) is 2. The van der Waals surface area contributed by atoms with Crippen LogP contribution < -0.4 is 0 Å². The molecule has 0 spiro atoms. The number of esters is 1. The first-order chi connectivity index (χ1) is 10.00. The van der Waals surface area contributed by atoms with Crippen LogP contribution in [-0.2, 0) is 14.6 Å². The van der Waals surface area contributed by atoms with E-state index in [1.807, 2.05) is 17.5 Å². The Bertz CT molecular complexity index is 762. The van der Waals surface area contributed by atoms with Crippen LogP contribution in [0.25, 0.3) is 10.6 Å². The molecule has 0 radical (unpaired) electrons. The molecule has 1 fully saturated rings. The van der Waals surface area contributed by atoms with Crippen molar-refractivity contribution in [3.63, 3.8) is 0 Å². The Kier molecular flexibility index (Phi) is 3.58. The summed E-state index contributed by atoms with van der Waals surface area (Å²) in [5, 5.41) is 6.20. The average molecular weight is 326 g/mol. The number of hydrogen-bond acceptors (Lipinski definition) is 6. The van der Waals surface area contributed by atoms with Crippen molar-refractivity contribution in [1.82, 2.24) is 9.78 Å². The highest BCUT2D eigenvalue weighted by Gasteiger charge is 2.32. The second-order valence-electron chi connectivity index (χ2n) is 4.89. The molecule has 1 aliphatic rings. The summed E-state index contributed by atoms with van der Waals surface area (Å²) >= 11 is 1.52. The van der Waals surface area contributed by atoms with Crippen molar-refractivity contribution >= 4 is 27.1 Å². The fraction of sp³-hybridized carbons (Fsp3) is 0.385. The molecule has 0 aliphatic carbocycles. The van der Waals surface area contributed by atoms with Crippen molar-refractivity contribution in [3.8, 4) is 10.6 Å². The lowest BCUT2D eigenvalue weighted by atomic mass is 10.2. The molecule has 0 unspecified atom stereocenters. The lowest BCUT2D eigenvalue weighted by Gasteiger charge is -2.12. The van der Waals surface area contributed by atoms with Crippen molar-refractivity contribution in [3.05, 3.63) is 29.3 Å². The quantitative estimate of drug-likeness (QED) is 0.803. The van der Waals surface area contributed by atoms with Gasteiger partial charge < -0.3 is 4.74 Å². The molecule has 1 atom stereocenters. The molecular formula is C13H14N2O4S2. The van der Waals surface area contributed by atoms with E-state index in [4.69, 9.17) is 4.74 Å². The standard InChI is InChI=1S/C13H14N2O4S2/c1-19-13(16)10-7-11(12-3-2-5-20-12)15(14-10)9-4-6-21(17,18)8-9/h2-3,5,7,9H,4,6,8H2,1H3/t9-/m1/s1. The molecule has 0 bridgehead atoms. The maximum Gasteiger partial charge on any atom is 0.358 e. The average Bonchev–Trinajstić information content (AvgIpc) is 3.14. The van der Waals surface area contributed by atoms with Crippen LogP contribution in [0.2, 0.25) is 0 Å². The normalized spacial score (nSPS) is 20.5. The maximum absolute atomic E-state index is 11.7. The Labute approximate surface area is 126 Å². The first-order valence-electron chi connectivity index (χ1n) is 6.42. The summed E-state index contributed by atoms with van der Waals surface area (Å²) in [5.41, 5.74) is 0.956. The monoisotopic (exact) mass is 326 g/mol. The van der Waals surface area contributed by atoms with Gasteiger partial charge in [0.25, 0.3) is 0 Å². The topological polar surface area (TPSA) is 78.3 Å². The van der Waals surface area contributed by atoms with E-state index < -0.39 is 15.8 Å². The molecule has 6 nitrogen and oxygen atoms in total. The molecule has 8 heteroatoms. The lowest BCUT2D eigenvalue weighted by molar-refractivity contribution is 0.0592. The van der Waals surface area contributed by atoms with Crippen LogP contribution in [0.5, 0.6) is 0 Å². The smallest absolute Gasteiger partial charge is 0.358 e. The van der Waals surface area contributed by atoms with Crippen molar-refractivity contribution in [2.45, 2.75) is 12.5 Å². The highest BCUT2D eigenvalue weighted by atomic mass is 32.2. The van der Waals surface area contributed by atoms with E-state index in [1.165, 1.54) is 18.4 Å². The minimum atomic E-state index is -3.02. The van der Waals surface area contributed by atoms with E-state index in [1.54, 1.807) is 10.7 Å². The van der Waals surface area contributed by atoms with E-state index in [-0.39, 0.29) is 23.2 Å². The lowest BCUT2D eigenvalue weighted by Crippen LogP contribution is -2.14. The van der Waals surface area contributed by atoms with E-state index in [9.17, 15) is 13.2 Å². The summed E-state index contributed by atoms with van der Waals surface area (Å²) in [6.07, 6.45) is 0.517. The van der Waals surface area contributed by atoms with Gasteiger partial charge in [0.15, 0.2) is 15.5 Å². The Morgan fingerprint density at radius 3 is 2.90 bits per heavy atom. The number of methoxy groups -OCH3 is 1. The van der Waals surface area contributed by atoms with Gasteiger partial charge in [-0.15, -0.1) is 11.3 Å². The molecule has 3 heterocycles. The minimum absolute atomic E-state index is 0.0632. The van der Waals surface area contributed by atoms with Gasteiger partial charge in [0.1, 0.15) is 0 Å². The SMILES string of the molecule is COC(=O)c1cc(-c2cccs2)n([C@@H]2CCS(=O)(=O)C2)n1. The number of ether oxygens (including phenoxy) is 1. The molecule has 1 aliphatic heterocycles. The van der Waals surface area contributed by atoms with Gasteiger partial charge in [-0.05, 0) is 23.9 Å². The molecule has 2 aromatic heterocycles. The van der Waals surface area contributed by atoms with Crippen LogP contribution in [0.4, 0.5) is 0 Å². The summed E-state index contributed by atoms with van der Waals surface area (Å²) in [4.78, 5) is 12.6. The first kappa shape index (κ1) is 14.3. The number of rotatable bonds is 3. The summed E-state index contributed by atoms with van der Waals surface area (Å²) in [6.45, 7) is 0. The fourth-order valence-corrected chi connectivity index (χ4v) is 4.88. The number of sulfone groups is 1. The fourth-order valence-electron chi connectivity index (χ4n) is 2.45. The highest BCUT2D eigenvalue weighted by molar-refractivity contribution is 7.91. The van der Waals surface area contributed by atoms with E-state index >= 15 is 0 Å². The second kappa shape index (κ2) is 5.27. The molecule has 0 N–H and O–H groups in total. The van der Waals surface area contributed by atoms with Gasteiger partial charge >= 0.3 is 5.97 Å². The molecule has 0 aromatic carbocycles. The van der Waals surface area contributed by atoms with Crippen LogP contribution in [0.1, 0.15) is 23.0 Å². The molecule has 0 amide bonds. The van der Waals surface area contributed by atoms with Crippen molar-refractivity contribution < 1.29 is 17.9 Å². The Morgan fingerprint density at radius 1 is 1.52 bits per heavy atom. The summed E-state index contributed by atoms with van der Waals surface area (Å²) in [6, 6.07) is 5.25. The zero-order valence-electron chi connectivity index (χ0n) is 11.4. The number of hydrogen-bond donors (Lipinski definition) is 0. The van der Waals surface area contributed by atoms with Crippen LogP contribution in [0.3, 0.4) is 0 Å². The maximum atomic E-state index is 11.7.